The van der Waals surface area contributed by atoms with Gasteiger partial charge in [-0.2, -0.15) is 0 Å². The van der Waals surface area contributed by atoms with Crippen LogP contribution in [0.15, 0.2) is 23.1 Å². The lowest BCUT2D eigenvalue weighted by atomic mass is 10.1. The van der Waals surface area contributed by atoms with E-state index in [0.717, 1.165) is 6.04 Å². The quantitative estimate of drug-likeness (QED) is 0.544. The number of carbonyl (C=O) groups is 2. The molecule has 1 amide bonds. The van der Waals surface area contributed by atoms with Gasteiger partial charge in [-0.15, -0.1) is 0 Å². The molecule has 1 aromatic rings. The molecule has 1 N–H and O–H groups in total. The molecule has 1 aromatic carbocycles. The lowest BCUT2D eigenvalue weighted by Crippen LogP contribution is -2.54. The van der Waals surface area contributed by atoms with Crippen LogP contribution >= 0.6 is 0 Å². The molecule has 0 radical (unpaired) electrons. The first-order valence-electron chi connectivity index (χ1n) is 8.76. The zero-order valence-electron chi connectivity index (χ0n) is 16.4. The van der Waals surface area contributed by atoms with E-state index in [2.05, 4.69) is 19.6 Å². The molecule has 0 bridgehead atoms. The van der Waals surface area contributed by atoms with Crippen LogP contribution in [0.25, 0.3) is 0 Å². The molecule has 2 rings (SSSR count). The number of sulfone groups is 1. The second kappa shape index (κ2) is 7.37. The zero-order valence-corrected chi connectivity index (χ0v) is 18.2. The van der Waals surface area contributed by atoms with Gasteiger partial charge in [0.05, 0.1) is 17.0 Å². The van der Waals surface area contributed by atoms with Gasteiger partial charge in [-0.05, 0) is 37.6 Å². The molecule has 0 unspecified atom stereocenters. The van der Waals surface area contributed by atoms with Crippen LogP contribution in [0, 0.1) is 0 Å². The van der Waals surface area contributed by atoms with Gasteiger partial charge in [0.1, 0.15) is 11.5 Å². The Hall–Kier alpha value is -1.71. The van der Waals surface area contributed by atoms with Crippen LogP contribution in [0.5, 0.6) is 0 Å². The van der Waals surface area contributed by atoms with Crippen molar-refractivity contribution in [2.45, 2.75) is 55.6 Å². The van der Waals surface area contributed by atoms with E-state index in [-0.39, 0.29) is 23.7 Å². The third-order valence-corrected chi connectivity index (χ3v) is 8.75. The van der Waals surface area contributed by atoms with E-state index >= 15 is 0 Å². The van der Waals surface area contributed by atoms with Gasteiger partial charge in [-0.3, -0.25) is 14.5 Å². The van der Waals surface area contributed by atoms with E-state index in [1.807, 2.05) is 0 Å². The standard InChI is InChI=1S/C18H27NO6SSi/c1-18(2)17(22)19(12-25-8-9-27(3,4)5)14-10-13(11-16(20)21)6-7-15(14)26(18,23)24/h6-7,10H,8-9,11-12H2,1-5H3,(H,20,21). The van der Waals surface area contributed by atoms with Crippen LogP contribution in [0.1, 0.15) is 19.4 Å². The molecule has 0 atom stereocenters. The van der Waals surface area contributed by atoms with Crippen molar-refractivity contribution in [3.8, 4) is 0 Å². The summed E-state index contributed by atoms with van der Waals surface area (Å²) in [5, 5.41) is 9.00. The van der Waals surface area contributed by atoms with Gasteiger partial charge in [0.15, 0.2) is 9.84 Å². The summed E-state index contributed by atoms with van der Waals surface area (Å²) in [4.78, 5) is 25.2. The Kier molecular flexibility index (Phi) is 5.89. The van der Waals surface area contributed by atoms with E-state index in [9.17, 15) is 18.0 Å². The van der Waals surface area contributed by atoms with Crippen LogP contribution in [0.3, 0.4) is 0 Å². The fraction of sp³-hybridized carbons (Fsp3) is 0.556. The van der Waals surface area contributed by atoms with Gasteiger partial charge in [-0.25, -0.2) is 8.42 Å². The normalized spacial score (nSPS) is 18.3. The number of amides is 1. The summed E-state index contributed by atoms with van der Waals surface area (Å²) >= 11 is 0. The zero-order chi connectivity index (χ0) is 20.6. The first kappa shape index (κ1) is 21.6. The number of aliphatic carboxylic acids is 1. The van der Waals surface area contributed by atoms with Crippen molar-refractivity contribution in [3.63, 3.8) is 0 Å². The summed E-state index contributed by atoms with van der Waals surface area (Å²) in [6.07, 6.45) is -0.255. The fourth-order valence-corrected chi connectivity index (χ4v) is 5.11. The van der Waals surface area contributed by atoms with Gasteiger partial charge in [0, 0.05) is 14.7 Å². The van der Waals surface area contributed by atoms with E-state index in [1.54, 1.807) is 0 Å². The van der Waals surface area contributed by atoms with E-state index in [4.69, 9.17) is 9.84 Å². The predicted octanol–water partition coefficient (Wildman–Crippen LogP) is 2.52. The molecule has 27 heavy (non-hydrogen) atoms. The maximum atomic E-state index is 12.9. The smallest absolute Gasteiger partial charge is 0.307 e. The molecule has 9 heteroatoms. The molecule has 0 aliphatic carbocycles. The van der Waals surface area contributed by atoms with E-state index in [1.165, 1.54) is 36.9 Å². The Morgan fingerprint density at radius 2 is 1.89 bits per heavy atom. The van der Waals surface area contributed by atoms with Gasteiger partial charge in [0.2, 0.25) is 5.91 Å². The molecule has 7 nitrogen and oxygen atoms in total. The first-order valence-corrected chi connectivity index (χ1v) is 14.0. The predicted molar refractivity (Wildman–Crippen MR) is 106 cm³/mol. The molecule has 0 spiro atoms. The van der Waals surface area contributed by atoms with Gasteiger partial charge in [0.25, 0.3) is 0 Å². The van der Waals surface area contributed by atoms with Crippen molar-refractivity contribution in [1.29, 1.82) is 0 Å². The van der Waals surface area contributed by atoms with Crippen molar-refractivity contribution in [2.24, 2.45) is 0 Å². The number of carboxylic acids is 1. The van der Waals surface area contributed by atoms with Gasteiger partial charge < -0.3 is 9.84 Å². The molecule has 0 saturated heterocycles. The maximum absolute atomic E-state index is 12.9. The molecule has 1 aliphatic heterocycles. The summed E-state index contributed by atoms with van der Waals surface area (Å²) < 4.78 is 29.8. The van der Waals surface area contributed by atoms with Gasteiger partial charge >= 0.3 is 5.97 Å². The summed E-state index contributed by atoms with van der Waals surface area (Å²) in [5.41, 5.74) is 0.613. The van der Waals surface area contributed by atoms with Crippen LogP contribution in [-0.4, -0.2) is 51.6 Å². The van der Waals surface area contributed by atoms with Crippen molar-refractivity contribution in [3.05, 3.63) is 23.8 Å². The number of fused-ring (bicyclic) bond motifs is 1. The number of anilines is 1. The second-order valence-electron chi connectivity index (χ2n) is 8.47. The van der Waals surface area contributed by atoms with Crippen molar-refractivity contribution in [2.75, 3.05) is 18.2 Å². The lowest BCUT2D eigenvalue weighted by Gasteiger charge is -2.38. The SMILES string of the molecule is CC1(C)C(=O)N(COCC[Si](C)(C)C)c2cc(CC(=O)O)ccc2S1(=O)=O. The fourth-order valence-electron chi connectivity index (χ4n) is 2.77. The lowest BCUT2D eigenvalue weighted by molar-refractivity contribution is -0.136. The monoisotopic (exact) mass is 413 g/mol. The summed E-state index contributed by atoms with van der Waals surface area (Å²) in [6.45, 7) is 9.83. The molecule has 0 saturated carbocycles. The first-order chi connectivity index (χ1) is 12.3. The number of benzene rings is 1. The highest BCUT2D eigenvalue weighted by atomic mass is 32.2. The highest BCUT2D eigenvalue weighted by Crippen LogP contribution is 2.40. The van der Waals surface area contributed by atoms with Crippen molar-refractivity contribution in [1.82, 2.24) is 0 Å². The maximum Gasteiger partial charge on any atom is 0.307 e. The van der Waals surface area contributed by atoms with Crippen LogP contribution in [0.2, 0.25) is 25.7 Å². The Morgan fingerprint density at radius 3 is 2.44 bits per heavy atom. The Labute approximate surface area is 161 Å². The van der Waals surface area contributed by atoms with Crippen molar-refractivity contribution < 1.29 is 27.9 Å². The molecular weight excluding hydrogens is 386 g/mol. The van der Waals surface area contributed by atoms with E-state index < -0.39 is 34.5 Å². The number of rotatable bonds is 7. The average Bonchev–Trinajstić information content (AvgIpc) is 2.51. The number of ether oxygens (including phenoxy) is 1. The average molecular weight is 414 g/mol. The van der Waals surface area contributed by atoms with Crippen LogP contribution < -0.4 is 4.90 Å². The highest BCUT2D eigenvalue weighted by Gasteiger charge is 2.51. The molecule has 1 heterocycles. The number of carbonyl (C=O) groups excluding carboxylic acids is 1. The minimum atomic E-state index is -3.89. The Balaban J connectivity index is 2.41. The van der Waals surface area contributed by atoms with Crippen LogP contribution in [-0.2, 0) is 30.6 Å². The highest BCUT2D eigenvalue weighted by molar-refractivity contribution is 7.94. The molecule has 0 fully saturated rings. The molecular formula is C18H27NO6SSi. The molecule has 150 valence electrons. The topological polar surface area (TPSA) is 101 Å². The third-order valence-electron chi connectivity index (χ3n) is 4.61. The summed E-state index contributed by atoms with van der Waals surface area (Å²) in [7, 11) is -5.19. The largest absolute Gasteiger partial charge is 0.481 e. The molecule has 0 aromatic heterocycles. The number of hydrogen-bond acceptors (Lipinski definition) is 5. The number of hydrogen-bond donors (Lipinski definition) is 1. The second-order valence-corrected chi connectivity index (χ2v) is 16.6. The van der Waals surface area contributed by atoms with E-state index in [0.29, 0.717) is 12.2 Å². The third kappa shape index (κ3) is 4.41. The van der Waals surface area contributed by atoms with Crippen LogP contribution in [0.4, 0.5) is 5.69 Å². The Morgan fingerprint density at radius 1 is 1.26 bits per heavy atom. The van der Waals surface area contributed by atoms with Crippen molar-refractivity contribution >= 4 is 35.5 Å². The Bertz CT molecular complexity index is 857. The minimum Gasteiger partial charge on any atom is -0.481 e. The number of carboxylic acid groups (broad SMARTS) is 1. The summed E-state index contributed by atoms with van der Waals surface area (Å²) in [6, 6.07) is 5.23. The summed E-state index contributed by atoms with van der Waals surface area (Å²) in [5.74, 6) is -1.60. The van der Waals surface area contributed by atoms with Gasteiger partial charge in [-0.1, -0.05) is 25.7 Å². The number of nitrogens with zero attached hydrogens (tertiary/aromatic N) is 1. The molecule has 1 aliphatic rings. The minimum absolute atomic E-state index is 0.0232.